The van der Waals surface area contributed by atoms with E-state index in [2.05, 4.69) is 0 Å². The molecule has 0 radical (unpaired) electrons. The lowest BCUT2D eigenvalue weighted by molar-refractivity contribution is 0.0702. The average Bonchev–Trinajstić information content (AvgIpc) is 2.75. The third kappa shape index (κ3) is 3.48. The second-order valence-corrected chi connectivity index (χ2v) is 5.76. The molecule has 0 fully saturated rings. The van der Waals surface area contributed by atoms with Gasteiger partial charge in [0, 0.05) is 5.38 Å². The number of sulfonamides is 1. The summed E-state index contributed by atoms with van der Waals surface area (Å²) in [5.41, 5.74) is 0. The highest BCUT2D eigenvalue weighted by molar-refractivity contribution is 7.89. The van der Waals surface area contributed by atoms with Gasteiger partial charge in [-0.1, -0.05) is 0 Å². The monoisotopic (exact) mass is 281 g/mol. The number of carboxylic acid groups (broad SMARTS) is 1. The Labute approximate surface area is 101 Å². The molecule has 1 rings (SSSR count). The van der Waals surface area contributed by atoms with Crippen molar-refractivity contribution in [1.29, 1.82) is 0 Å². The largest absolute Gasteiger partial charge is 0.477 e. The summed E-state index contributed by atoms with van der Waals surface area (Å²) in [5.74, 6) is -1.21. The molecule has 0 aromatic carbocycles. The van der Waals surface area contributed by atoms with Gasteiger partial charge in [0.2, 0.25) is 10.0 Å². The van der Waals surface area contributed by atoms with Crippen molar-refractivity contribution in [2.24, 2.45) is 0 Å². The summed E-state index contributed by atoms with van der Waals surface area (Å²) >= 11 is 0.783. The van der Waals surface area contributed by atoms with Crippen molar-refractivity contribution < 1.29 is 28.5 Å². The normalized spacial score (nSPS) is 11.9. The summed E-state index contributed by atoms with van der Waals surface area (Å²) in [5, 5.41) is 27.3. The molecule has 7 nitrogen and oxygen atoms in total. The predicted octanol–water partition coefficient (Wildman–Crippen LogP) is -0.922. The van der Waals surface area contributed by atoms with E-state index < -0.39 is 35.2 Å². The molecule has 0 unspecified atom stereocenters. The third-order valence-corrected chi connectivity index (χ3v) is 4.43. The van der Waals surface area contributed by atoms with Crippen molar-refractivity contribution in [3.8, 4) is 0 Å². The lowest BCUT2D eigenvalue weighted by Gasteiger charge is -2.12. The van der Waals surface area contributed by atoms with Crippen LogP contribution in [0.3, 0.4) is 0 Å². The SMILES string of the molecule is O=C(O)c1cc(S(=O)(=O)NC(CO)CO)cs1. The van der Waals surface area contributed by atoms with Crippen LogP contribution < -0.4 is 4.72 Å². The number of nitrogens with one attached hydrogen (secondary N) is 1. The van der Waals surface area contributed by atoms with E-state index in [9.17, 15) is 13.2 Å². The van der Waals surface area contributed by atoms with Crippen LogP contribution in [0.5, 0.6) is 0 Å². The van der Waals surface area contributed by atoms with Gasteiger partial charge in [0.25, 0.3) is 0 Å². The van der Waals surface area contributed by atoms with E-state index in [0.717, 1.165) is 17.4 Å². The van der Waals surface area contributed by atoms with Gasteiger partial charge in [0.1, 0.15) is 4.88 Å². The Bertz CT molecular complexity index is 490. The Hall–Kier alpha value is -1.00. The van der Waals surface area contributed by atoms with Crippen LogP contribution in [0.1, 0.15) is 9.67 Å². The first-order valence-electron chi connectivity index (χ1n) is 4.46. The molecule has 0 saturated heterocycles. The Morgan fingerprint density at radius 1 is 1.41 bits per heavy atom. The van der Waals surface area contributed by atoms with E-state index in [1.165, 1.54) is 5.38 Å². The lowest BCUT2D eigenvalue weighted by atomic mass is 10.4. The first kappa shape index (κ1) is 14.1. The molecule has 96 valence electrons. The smallest absolute Gasteiger partial charge is 0.345 e. The summed E-state index contributed by atoms with van der Waals surface area (Å²) in [6.45, 7) is -1.10. The molecule has 17 heavy (non-hydrogen) atoms. The number of hydrogen-bond acceptors (Lipinski definition) is 6. The fraction of sp³-hybridized carbons (Fsp3) is 0.375. The zero-order valence-corrected chi connectivity index (χ0v) is 10.2. The van der Waals surface area contributed by atoms with Gasteiger partial charge in [-0.25, -0.2) is 17.9 Å². The van der Waals surface area contributed by atoms with Crippen LogP contribution in [0.4, 0.5) is 0 Å². The molecule has 1 aromatic rings. The Morgan fingerprint density at radius 3 is 2.41 bits per heavy atom. The van der Waals surface area contributed by atoms with Gasteiger partial charge >= 0.3 is 5.97 Å². The predicted molar refractivity (Wildman–Crippen MR) is 59.6 cm³/mol. The van der Waals surface area contributed by atoms with Gasteiger partial charge in [-0.3, -0.25) is 0 Å². The molecule has 0 aliphatic heterocycles. The molecule has 0 aliphatic rings. The number of carbonyl (C=O) groups is 1. The third-order valence-electron chi connectivity index (χ3n) is 1.86. The number of carboxylic acids is 1. The van der Waals surface area contributed by atoms with Crippen LogP contribution in [-0.2, 0) is 10.0 Å². The minimum Gasteiger partial charge on any atom is -0.477 e. The number of aliphatic hydroxyl groups is 2. The van der Waals surface area contributed by atoms with Crippen molar-refractivity contribution in [3.63, 3.8) is 0 Å². The van der Waals surface area contributed by atoms with E-state index in [4.69, 9.17) is 15.3 Å². The maximum absolute atomic E-state index is 11.7. The summed E-state index contributed by atoms with van der Waals surface area (Å²) in [6.07, 6.45) is 0. The Kier molecular flexibility index (Phi) is 4.60. The highest BCUT2D eigenvalue weighted by Gasteiger charge is 2.21. The van der Waals surface area contributed by atoms with E-state index >= 15 is 0 Å². The van der Waals surface area contributed by atoms with E-state index in [-0.39, 0.29) is 9.77 Å². The van der Waals surface area contributed by atoms with Crippen molar-refractivity contribution in [1.82, 2.24) is 4.72 Å². The van der Waals surface area contributed by atoms with Gasteiger partial charge in [-0.05, 0) is 6.07 Å². The summed E-state index contributed by atoms with van der Waals surface area (Å²) in [7, 11) is -3.92. The van der Waals surface area contributed by atoms with Crippen molar-refractivity contribution in [2.75, 3.05) is 13.2 Å². The first-order valence-corrected chi connectivity index (χ1v) is 6.83. The molecule has 9 heteroatoms. The Balaban J connectivity index is 2.93. The van der Waals surface area contributed by atoms with Gasteiger partial charge in [-0.15, -0.1) is 11.3 Å². The number of aliphatic hydroxyl groups excluding tert-OH is 2. The maximum Gasteiger partial charge on any atom is 0.345 e. The lowest BCUT2D eigenvalue weighted by Crippen LogP contribution is -2.39. The van der Waals surface area contributed by atoms with Crippen LogP contribution in [-0.4, -0.2) is 49.0 Å². The molecule has 1 aromatic heterocycles. The number of aromatic carboxylic acids is 1. The topological polar surface area (TPSA) is 124 Å². The molecule has 0 spiro atoms. The highest BCUT2D eigenvalue weighted by Crippen LogP contribution is 2.19. The summed E-state index contributed by atoms with van der Waals surface area (Å²) in [6, 6.07) is 0.00871. The van der Waals surface area contributed by atoms with Crippen molar-refractivity contribution in [3.05, 3.63) is 16.3 Å². The zero-order valence-electron chi connectivity index (χ0n) is 8.53. The van der Waals surface area contributed by atoms with Crippen molar-refractivity contribution >= 4 is 27.3 Å². The Morgan fingerprint density at radius 2 is 2.00 bits per heavy atom. The van der Waals surface area contributed by atoms with E-state index in [1.54, 1.807) is 0 Å². The van der Waals surface area contributed by atoms with E-state index in [1.807, 2.05) is 4.72 Å². The summed E-state index contributed by atoms with van der Waals surface area (Å²) < 4.78 is 25.4. The highest BCUT2D eigenvalue weighted by atomic mass is 32.2. The van der Waals surface area contributed by atoms with Crippen molar-refractivity contribution in [2.45, 2.75) is 10.9 Å². The fourth-order valence-electron chi connectivity index (χ4n) is 0.992. The van der Waals surface area contributed by atoms with Crippen LogP contribution in [0.25, 0.3) is 0 Å². The minimum absolute atomic E-state index is 0.102. The quantitative estimate of drug-likeness (QED) is 0.534. The molecule has 4 N–H and O–H groups in total. The number of hydrogen-bond donors (Lipinski definition) is 4. The number of rotatable bonds is 6. The molecule has 0 amide bonds. The van der Waals surface area contributed by atoms with Crippen LogP contribution in [0.2, 0.25) is 0 Å². The standard InChI is InChI=1S/C8H11NO6S2/c10-2-5(3-11)9-17(14,15)6-1-7(8(12)13)16-4-6/h1,4-5,9-11H,2-3H2,(H,12,13). The van der Waals surface area contributed by atoms with Crippen LogP contribution in [0.15, 0.2) is 16.3 Å². The molecule has 0 saturated carbocycles. The molecule has 1 heterocycles. The molecule has 0 atom stereocenters. The van der Waals surface area contributed by atoms with Crippen LogP contribution >= 0.6 is 11.3 Å². The summed E-state index contributed by atoms with van der Waals surface area (Å²) in [4.78, 5) is 10.3. The number of thiophene rings is 1. The molecule has 0 bridgehead atoms. The first-order chi connectivity index (χ1) is 7.90. The minimum atomic E-state index is -3.92. The fourth-order valence-corrected chi connectivity index (χ4v) is 3.32. The van der Waals surface area contributed by atoms with E-state index in [0.29, 0.717) is 0 Å². The van der Waals surface area contributed by atoms with Gasteiger partial charge in [-0.2, -0.15) is 0 Å². The van der Waals surface area contributed by atoms with Gasteiger partial charge in [0.05, 0.1) is 24.2 Å². The average molecular weight is 281 g/mol. The van der Waals surface area contributed by atoms with Gasteiger partial charge in [0.15, 0.2) is 0 Å². The zero-order chi connectivity index (χ0) is 13.1. The van der Waals surface area contributed by atoms with Gasteiger partial charge < -0.3 is 15.3 Å². The second kappa shape index (κ2) is 5.56. The maximum atomic E-state index is 11.7. The molecule has 0 aliphatic carbocycles. The van der Waals surface area contributed by atoms with Crippen LogP contribution in [0, 0.1) is 0 Å². The second-order valence-electron chi connectivity index (χ2n) is 3.14. The molecular weight excluding hydrogens is 270 g/mol. The molecular formula is C8H11NO6S2.